The van der Waals surface area contributed by atoms with E-state index in [2.05, 4.69) is 0 Å². The van der Waals surface area contributed by atoms with Gasteiger partial charge in [-0.25, -0.2) is 13.4 Å². The maximum atomic E-state index is 13.5. The maximum absolute atomic E-state index is 13.5. The second-order valence-electron chi connectivity index (χ2n) is 8.67. The lowest BCUT2D eigenvalue weighted by Gasteiger charge is -2.26. The number of benzene rings is 2. The molecule has 1 amide bonds. The Labute approximate surface area is 199 Å². The Hall–Kier alpha value is -2.33. The van der Waals surface area contributed by atoms with Crippen molar-refractivity contribution < 1.29 is 13.2 Å². The minimum absolute atomic E-state index is 0.185. The summed E-state index contributed by atoms with van der Waals surface area (Å²) in [5.41, 5.74) is 2.42. The van der Waals surface area contributed by atoms with Crippen LogP contribution in [0.4, 0.5) is 5.13 Å². The average molecular weight is 487 g/mol. The van der Waals surface area contributed by atoms with E-state index in [1.165, 1.54) is 11.3 Å². The second kappa shape index (κ2) is 9.89. The van der Waals surface area contributed by atoms with Crippen molar-refractivity contribution in [3.63, 3.8) is 0 Å². The fraction of sp³-hybridized carbons (Fsp3) is 0.417. The third kappa shape index (κ3) is 5.11. The zero-order valence-electron chi connectivity index (χ0n) is 19.3. The molecule has 0 radical (unpaired) electrons. The standard InChI is InChI=1S/C24H30N4O3S2/c1-18-8-7-9-21-22(18)25-24(32-21)28(17-16-26(2)3)23(29)19-10-12-20(13-11-19)33(30,31)27-14-5-4-6-15-27/h7-13H,4-6,14-17H2,1-3H3. The number of para-hydroxylation sites is 1. The highest BCUT2D eigenvalue weighted by molar-refractivity contribution is 7.89. The summed E-state index contributed by atoms with van der Waals surface area (Å²) in [6.45, 7) is 4.29. The van der Waals surface area contributed by atoms with Crippen molar-refractivity contribution in [3.05, 3.63) is 53.6 Å². The van der Waals surface area contributed by atoms with Gasteiger partial charge in [0.2, 0.25) is 10.0 Å². The van der Waals surface area contributed by atoms with Crippen LogP contribution in [0.2, 0.25) is 0 Å². The van der Waals surface area contributed by atoms with Gasteiger partial charge in [-0.1, -0.05) is 29.9 Å². The molecule has 4 rings (SSSR count). The van der Waals surface area contributed by atoms with Gasteiger partial charge < -0.3 is 4.90 Å². The monoisotopic (exact) mass is 486 g/mol. The molecule has 1 aliphatic rings. The fourth-order valence-electron chi connectivity index (χ4n) is 3.95. The number of thiazole rings is 1. The zero-order chi connectivity index (χ0) is 23.6. The molecular formula is C24H30N4O3S2. The number of fused-ring (bicyclic) bond motifs is 1. The van der Waals surface area contributed by atoms with Gasteiger partial charge in [-0.05, 0) is 69.8 Å². The number of hydrogen-bond acceptors (Lipinski definition) is 6. The molecule has 0 N–H and O–H groups in total. The first-order chi connectivity index (χ1) is 15.8. The first-order valence-electron chi connectivity index (χ1n) is 11.2. The SMILES string of the molecule is Cc1cccc2sc(N(CCN(C)C)C(=O)c3ccc(S(=O)(=O)N4CCCCC4)cc3)nc12. The third-order valence-electron chi connectivity index (χ3n) is 5.91. The number of carbonyl (C=O) groups is 1. The Bertz CT molecular complexity index is 1230. The van der Waals surface area contributed by atoms with Gasteiger partial charge in [0.05, 0.1) is 15.1 Å². The van der Waals surface area contributed by atoms with E-state index in [0.717, 1.165) is 35.0 Å². The first kappa shape index (κ1) is 23.8. The highest BCUT2D eigenvalue weighted by atomic mass is 32.2. The van der Waals surface area contributed by atoms with E-state index in [9.17, 15) is 13.2 Å². The summed E-state index contributed by atoms with van der Waals surface area (Å²) in [7, 11) is 0.398. The molecular weight excluding hydrogens is 456 g/mol. The van der Waals surface area contributed by atoms with E-state index in [-0.39, 0.29) is 10.8 Å². The van der Waals surface area contributed by atoms with Crippen molar-refractivity contribution in [3.8, 4) is 0 Å². The summed E-state index contributed by atoms with van der Waals surface area (Å²) >= 11 is 1.49. The molecule has 0 aliphatic carbocycles. The van der Waals surface area contributed by atoms with Crippen LogP contribution in [-0.4, -0.2) is 68.8 Å². The number of amides is 1. The minimum Gasteiger partial charge on any atom is -0.308 e. The smallest absolute Gasteiger partial charge is 0.260 e. The van der Waals surface area contributed by atoms with Gasteiger partial charge in [0.25, 0.3) is 5.91 Å². The van der Waals surface area contributed by atoms with Crippen LogP contribution in [0.3, 0.4) is 0 Å². The van der Waals surface area contributed by atoms with Crippen molar-refractivity contribution in [1.82, 2.24) is 14.2 Å². The average Bonchev–Trinajstić information content (AvgIpc) is 3.25. The van der Waals surface area contributed by atoms with Gasteiger partial charge in [0.1, 0.15) is 0 Å². The number of aromatic nitrogens is 1. The summed E-state index contributed by atoms with van der Waals surface area (Å²) < 4.78 is 28.5. The number of nitrogens with zero attached hydrogens (tertiary/aromatic N) is 4. The highest BCUT2D eigenvalue weighted by Gasteiger charge is 2.27. The number of sulfonamides is 1. The molecule has 0 spiro atoms. The minimum atomic E-state index is -3.53. The predicted molar refractivity (Wildman–Crippen MR) is 134 cm³/mol. The molecule has 2 heterocycles. The molecule has 7 nitrogen and oxygen atoms in total. The van der Waals surface area contributed by atoms with Crippen LogP contribution in [0.5, 0.6) is 0 Å². The molecule has 3 aromatic rings. The quantitative estimate of drug-likeness (QED) is 0.505. The zero-order valence-corrected chi connectivity index (χ0v) is 21.0. The van der Waals surface area contributed by atoms with Crippen LogP contribution in [0.1, 0.15) is 35.2 Å². The van der Waals surface area contributed by atoms with Gasteiger partial charge in [-0.2, -0.15) is 4.31 Å². The van der Waals surface area contributed by atoms with Crippen molar-refractivity contribution in [2.75, 3.05) is 45.2 Å². The van der Waals surface area contributed by atoms with Gasteiger partial charge in [-0.15, -0.1) is 0 Å². The van der Waals surface area contributed by atoms with Gasteiger partial charge in [0, 0.05) is 31.7 Å². The van der Waals surface area contributed by atoms with Crippen LogP contribution in [-0.2, 0) is 10.0 Å². The fourth-order valence-corrected chi connectivity index (χ4v) is 6.54. The first-order valence-corrected chi connectivity index (χ1v) is 13.5. The molecule has 176 valence electrons. The molecule has 0 atom stereocenters. The van der Waals surface area contributed by atoms with Crippen molar-refractivity contribution in [2.24, 2.45) is 0 Å². The molecule has 2 aromatic carbocycles. The number of piperidine rings is 1. The van der Waals surface area contributed by atoms with Crippen molar-refractivity contribution >= 4 is 42.6 Å². The number of carbonyl (C=O) groups excluding carboxylic acids is 1. The summed E-state index contributed by atoms with van der Waals surface area (Å²) in [6.07, 6.45) is 2.84. The molecule has 9 heteroatoms. The van der Waals surface area contributed by atoms with E-state index < -0.39 is 10.0 Å². The van der Waals surface area contributed by atoms with Crippen LogP contribution >= 0.6 is 11.3 Å². The van der Waals surface area contributed by atoms with Crippen LogP contribution < -0.4 is 4.90 Å². The van der Waals surface area contributed by atoms with Crippen molar-refractivity contribution in [2.45, 2.75) is 31.1 Å². The molecule has 33 heavy (non-hydrogen) atoms. The van der Waals surface area contributed by atoms with E-state index in [1.54, 1.807) is 33.5 Å². The summed E-state index contributed by atoms with van der Waals surface area (Å²) in [4.78, 5) is 22.2. The van der Waals surface area contributed by atoms with E-state index >= 15 is 0 Å². The summed E-state index contributed by atoms with van der Waals surface area (Å²) in [6, 6.07) is 12.3. The Balaban J connectivity index is 1.62. The Morgan fingerprint density at radius 1 is 1.03 bits per heavy atom. The topological polar surface area (TPSA) is 73.8 Å². The van der Waals surface area contributed by atoms with Gasteiger partial charge in [0.15, 0.2) is 5.13 Å². The van der Waals surface area contributed by atoms with Crippen LogP contribution in [0.15, 0.2) is 47.4 Å². The lowest BCUT2D eigenvalue weighted by molar-refractivity contribution is 0.0985. The van der Waals surface area contributed by atoms with E-state index in [1.807, 2.05) is 44.1 Å². The highest BCUT2D eigenvalue weighted by Crippen LogP contribution is 2.31. The van der Waals surface area contributed by atoms with Crippen molar-refractivity contribution in [1.29, 1.82) is 0 Å². The second-order valence-corrected chi connectivity index (χ2v) is 11.6. The van der Waals surface area contributed by atoms with Gasteiger partial charge >= 0.3 is 0 Å². The molecule has 1 aromatic heterocycles. The molecule has 1 fully saturated rings. The normalized spacial score (nSPS) is 15.3. The molecule has 0 saturated carbocycles. The van der Waals surface area contributed by atoms with Crippen LogP contribution in [0.25, 0.3) is 10.2 Å². The lowest BCUT2D eigenvalue weighted by atomic mass is 10.2. The summed E-state index contributed by atoms with van der Waals surface area (Å²) in [5, 5.41) is 0.649. The molecule has 0 unspecified atom stereocenters. The maximum Gasteiger partial charge on any atom is 0.260 e. The number of aryl methyl sites for hydroxylation is 1. The Kier molecular flexibility index (Phi) is 7.13. The van der Waals surface area contributed by atoms with E-state index in [4.69, 9.17) is 4.98 Å². The number of likely N-dealkylation sites (N-methyl/N-ethyl adjacent to an activating group) is 1. The van der Waals surface area contributed by atoms with Crippen LogP contribution in [0, 0.1) is 6.92 Å². The molecule has 0 bridgehead atoms. The van der Waals surface area contributed by atoms with E-state index in [0.29, 0.717) is 36.9 Å². The Morgan fingerprint density at radius 2 is 1.73 bits per heavy atom. The third-order valence-corrected chi connectivity index (χ3v) is 8.87. The molecule has 1 saturated heterocycles. The largest absolute Gasteiger partial charge is 0.308 e. The Morgan fingerprint density at radius 3 is 2.36 bits per heavy atom. The molecule has 1 aliphatic heterocycles. The number of anilines is 1. The number of rotatable bonds is 7. The lowest BCUT2D eigenvalue weighted by Crippen LogP contribution is -2.37. The summed E-state index contributed by atoms with van der Waals surface area (Å²) in [5.74, 6) is -0.185. The van der Waals surface area contributed by atoms with Gasteiger partial charge in [-0.3, -0.25) is 9.69 Å². The number of hydrogen-bond donors (Lipinski definition) is 0. The predicted octanol–water partition coefficient (Wildman–Crippen LogP) is 3.99.